The van der Waals surface area contributed by atoms with E-state index in [1.54, 1.807) is 24.3 Å². The number of hydrogen-bond acceptors (Lipinski definition) is 5. The van der Waals surface area contributed by atoms with Crippen molar-refractivity contribution in [2.24, 2.45) is 10.9 Å². The van der Waals surface area contributed by atoms with Gasteiger partial charge in [0.25, 0.3) is 0 Å². The van der Waals surface area contributed by atoms with Gasteiger partial charge in [0.05, 0.1) is 30.0 Å². The molecule has 10 heteroatoms. The van der Waals surface area contributed by atoms with E-state index in [2.05, 4.69) is 9.73 Å². The number of carbonyl (C=O) groups excluding carboxylic acids is 1. The van der Waals surface area contributed by atoms with Crippen molar-refractivity contribution in [3.63, 3.8) is 0 Å². The van der Waals surface area contributed by atoms with E-state index in [1.807, 2.05) is 6.07 Å². The van der Waals surface area contributed by atoms with Crippen LogP contribution in [0.2, 0.25) is 0 Å². The number of esters is 1. The lowest BCUT2D eigenvalue weighted by atomic mass is 9.90. The predicted octanol–water partition coefficient (Wildman–Crippen LogP) is 6.54. The summed E-state index contributed by atoms with van der Waals surface area (Å²) in [5.74, 6) is -3.45. The maximum atomic E-state index is 14.4. The maximum Gasteiger partial charge on any atom is 0.573 e. The highest BCUT2D eigenvalue weighted by Crippen LogP contribution is 2.39. The molecule has 3 aromatic rings. The van der Waals surface area contributed by atoms with Crippen LogP contribution in [0.5, 0.6) is 5.75 Å². The zero-order chi connectivity index (χ0) is 26.6. The number of nitrogens with zero attached hydrogens (tertiary/aromatic N) is 2. The molecule has 3 aromatic carbocycles. The van der Waals surface area contributed by atoms with Gasteiger partial charge in [0.15, 0.2) is 0 Å². The van der Waals surface area contributed by atoms with Crippen molar-refractivity contribution in [3.05, 3.63) is 89.5 Å². The average molecular weight is 514 g/mol. The third-order valence-corrected chi connectivity index (χ3v) is 5.78. The molecule has 1 aliphatic heterocycles. The summed E-state index contributed by atoms with van der Waals surface area (Å²) in [6.07, 6.45) is -4.85. The fourth-order valence-electron chi connectivity index (χ4n) is 4.12. The van der Waals surface area contributed by atoms with Crippen molar-refractivity contribution in [2.45, 2.75) is 25.2 Å². The highest BCUT2D eigenvalue weighted by molar-refractivity contribution is 6.04. The van der Waals surface area contributed by atoms with E-state index in [-0.39, 0.29) is 36.5 Å². The van der Waals surface area contributed by atoms with Crippen LogP contribution in [0.15, 0.2) is 71.7 Å². The van der Waals surface area contributed by atoms with E-state index in [0.717, 1.165) is 12.1 Å². The van der Waals surface area contributed by atoms with Crippen LogP contribution in [0.4, 0.5) is 22.0 Å². The van der Waals surface area contributed by atoms with Crippen LogP contribution in [0.25, 0.3) is 11.1 Å². The van der Waals surface area contributed by atoms with Crippen LogP contribution >= 0.6 is 0 Å². The van der Waals surface area contributed by atoms with Gasteiger partial charge >= 0.3 is 12.3 Å². The summed E-state index contributed by atoms with van der Waals surface area (Å²) in [6, 6.07) is 16.6. The summed E-state index contributed by atoms with van der Waals surface area (Å²) in [7, 11) is 0. The zero-order valence-electron chi connectivity index (χ0n) is 19.1. The lowest BCUT2D eigenvalue weighted by molar-refractivity contribution is -0.274. The number of hydrogen-bond donors (Lipinski definition) is 0. The fourth-order valence-corrected chi connectivity index (χ4v) is 4.12. The van der Waals surface area contributed by atoms with E-state index in [1.165, 1.54) is 30.3 Å². The van der Waals surface area contributed by atoms with Crippen LogP contribution in [0, 0.1) is 28.9 Å². The molecule has 0 fully saturated rings. The van der Waals surface area contributed by atoms with E-state index < -0.39 is 35.9 Å². The summed E-state index contributed by atoms with van der Waals surface area (Å²) in [5, 5.41) is 8.71. The second-order valence-electron chi connectivity index (χ2n) is 8.20. The molecule has 1 aliphatic rings. The standard InChI is InChI=1S/C27H19F5N2O3/c28-21-3-1-4-22(29)24(21)23-15-20(26(35)36-14-2-13-33)25(34-23)18-7-5-16(6-8-18)17-9-11-19(12-10-17)37-27(30,31)32/h1,3-12,20,25H,2,14-15H2/t20-,25?/m0/s1. The Kier molecular flexibility index (Phi) is 7.53. The molecule has 0 aliphatic carbocycles. The first-order chi connectivity index (χ1) is 17.7. The molecule has 0 N–H and O–H groups in total. The number of aliphatic imine (C=N–C) groups is 1. The quantitative estimate of drug-likeness (QED) is 0.204. The topological polar surface area (TPSA) is 71.7 Å². The van der Waals surface area contributed by atoms with Crippen molar-refractivity contribution in [3.8, 4) is 22.9 Å². The maximum absolute atomic E-state index is 14.4. The molecule has 0 bridgehead atoms. The smallest absolute Gasteiger partial charge is 0.464 e. The van der Waals surface area contributed by atoms with Gasteiger partial charge in [0.1, 0.15) is 24.0 Å². The Labute approximate surface area is 208 Å². The van der Waals surface area contributed by atoms with Gasteiger partial charge < -0.3 is 9.47 Å². The molecule has 5 nitrogen and oxygen atoms in total. The van der Waals surface area contributed by atoms with Gasteiger partial charge in [-0.15, -0.1) is 13.2 Å². The number of carbonyl (C=O) groups is 1. The Bertz CT molecular complexity index is 1330. The van der Waals surface area contributed by atoms with Crippen LogP contribution in [-0.4, -0.2) is 24.7 Å². The summed E-state index contributed by atoms with van der Waals surface area (Å²) in [6.45, 7) is -0.116. The highest BCUT2D eigenvalue weighted by Gasteiger charge is 2.39. The molecule has 4 rings (SSSR count). The highest BCUT2D eigenvalue weighted by atomic mass is 19.4. The third-order valence-electron chi connectivity index (χ3n) is 5.78. The van der Waals surface area contributed by atoms with Crippen LogP contribution < -0.4 is 4.74 Å². The van der Waals surface area contributed by atoms with E-state index in [0.29, 0.717) is 16.7 Å². The number of halogens is 5. The molecule has 0 saturated heterocycles. The summed E-state index contributed by atoms with van der Waals surface area (Å²) < 4.78 is 75.1. The molecule has 190 valence electrons. The van der Waals surface area contributed by atoms with Crippen molar-refractivity contribution in [2.75, 3.05) is 6.61 Å². The SMILES string of the molecule is N#CCCOC(=O)[C@H]1CC(c2c(F)cccc2F)=NC1c1ccc(-c2ccc(OC(F)(F)F)cc2)cc1. The van der Waals surface area contributed by atoms with Crippen molar-refractivity contribution < 1.29 is 36.2 Å². The van der Waals surface area contributed by atoms with Crippen molar-refractivity contribution >= 4 is 11.7 Å². The number of nitriles is 1. The molecule has 37 heavy (non-hydrogen) atoms. The second kappa shape index (κ2) is 10.8. The first-order valence-corrected chi connectivity index (χ1v) is 11.2. The van der Waals surface area contributed by atoms with Gasteiger partial charge in [0.2, 0.25) is 0 Å². The molecule has 0 spiro atoms. The van der Waals surface area contributed by atoms with Crippen LogP contribution in [-0.2, 0) is 9.53 Å². The van der Waals surface area contributed by atoms with Crippen molar-refractivity contribution in [1.82, 2.24) is 0 Å². The Morgan fingerprint density at radius 3 is 2.14 bits per heavy atom. The summed E-state index contributed by atoms with van der Waals surface area (Å²) in [5.41, 5.74) is 1.66. The molecule has 0 radical (unpaired) electrons. The minimum absolute atomic E-state index is 0.000278. The number of rotatable bonds is 7. The van der Waals surface area contributed by atoms with Crippen molar-refractivity contribution in [1.29, 1.82) is 5.26 Å². The van der Waals surface area contributed by atoms with Crippen LogP contribution in [0.1, 0.15) is 30.0 Å². The van der Waals surface area contributed by atoms with E-state index >= 15 is 0 Å². The first-order valence-electron chi connectivity index (χ1n) is 11.2. The van der Waals surface area contributed by atoms with Gasteiger partial charge in [-0.05, 0) is 41.0 Å². The van der Waals surface area contributed by atoms with Gasteiger partial charge in [-0.3, -0.25) is 9.79 Å². The van der Waals surface area contributed by atoms with E-state index in [9.17, 15) is 26.7 Å². The zero-order valence-corrected chi connectivity index (χ0v) is 19.1. The average Bonchev–Trinajstić information content (AvgIpc) is 3.29. The lowest BCUT2D eigenvalue weighted by Crippen LogP contribution is -2.22. The number of ether oxygens (including phenoxy) is 2. The predicted molar refractivity (Wildman–Crippen MR) is 123 cm³/mol. The molecular formula is C27H19F5N2O3. The van der Waals surface area contributed by atoms with Gasteiger partial charge in [0, 0.05) is 12.1 Å². The second-order valence-corrected chi connectivity index (χ2v) is 8.20. The normalized spacial score (nSPS) is 17.1. The van der Waals surface area contributed by atoms with Crippen LogP contribution in [0.3, 0.4) is 0 Å². The van der Waals surface area contributed by atoms with E-state index in [4.69, 9.17) is 10.00 Å². The van der Waals surface area contributed by atoms with Gasteiger partial charge in [-0.25, -0.2) is 8.78 Å². The molecule has 1 unspecified atom stereocenters. The molecule has 0 aromatic heterocycles. The molecule has 1 heterocycles. The monoisotopic (exact) mass is 514 g/mol. The Hall–Kier alpha value is -4.26. The van der Waals surface area contributed by atoms with Gasteiger partial charge in [-0.2, -0.15) is 5.26 Å². The molecule has 0 amide bonds. The lowest BCUT2D eigenvalue weighted by Gasteiger charge is -2.17. The summed E-state index contributed by atoms with van der Waals surface area (Å²) in [4.78, 5) is 17.3. The molecule has 0 saturated carbocycles. The van der Waals surface area contributed by atoms with Gasteiger partial charge in [-0.1, -0.05) is 42.5 Å². The Morgan fingerprint density at radius 2 is 1.57 bits per heavy atom. The minimum Gasteiger partial charge on any atom is -0.464 e. The minimum atomic E-state index is -4.79. The summed E-state index contributed by atoms with van der Waals surface area (Å²) >= 11 is 0. The first kappa shape index (κ1) is 25.8. The molecule has 2 atom stereocenters. The Balaban J connectivity index is 1.61. The molecular weight excluding hydrogens is 495 g/mol. The largest absolute Gasteiger partial charge is 0.573 e. The third kappa shape index (κ3) is 6.12. The number of benzene rings is 3. The Morgan fingerprint density at radius 1 is 0.973 bits per heavy atom. The number of alkyl halides is 3. The fraction of sp³-hybridized carbons (Fsp3) is 0.222.